The van der Waals surface area contributed by atoms with E-state index in [0.29, 0.717) is 54.1 Å². The van der Waals surface area contributed by atoms with Crippen LogP contribution in [0.3, 0.4) is 0 Å². The van der Waals surface area contributed by atoms with Crippen LogP contribution < -0.4 is 15.8 Å². The zero-order valence-electron chi connectivity index (χ0n) is 22.7. The highest BCUT2D eigenvalue weighted by Crippen LogP contribution is 2.30. The molecular weight excluding hydrogens is 567 g/mol. The zero-order chi connectivity index (χ0) is 26.2. The maximum atomic E-state index is 12.8. The van der Waals surface area contributed by atoms with Crippen molar-refractivity contribution in [1.29, 1.82) is 0 Å². The lowest BCUT2D eigenvalue weighted by Crippen LogP contribution is -2.51. The number of esters is 1. The molecule has 4 fully saturated rings. The summed E-state index contributed by atoms with van der Waals surface area (Å²) in [6.07, 6.45) is 5.70. The van der Waals surface area contributed by atoms with Crippen molar-refractivity contribution in [3.05, 3.63) is 22.7 Å². The number of nitrogen functional groups attached to an aromatic ring is 1. The predicted molar refractivity (Wildman–Crippen MR) is 158 cm³/mol. The molecule has 4 aliphatic rings. The molecule has 0 spiro atoms. The topological polar surface area (TPSA) is 106 Å². The number of amides is 1. The first-order valence-corrected chi connectivity index (χ1v) is 14.1. The van der Waals surface area contributed by atoms with Gasteiger partial charge >= 0.3 is 5.97 Å². The van der Waals surface area contributed by atoms with Gasteiger partial charge in [0, 0.05) is 38.7 Å². The minimum Gasteiger partial charge on any atom is -0.493 e. The summed E-state index contributed by atoms with van der Waals surface area (Å²) in [5.74, 6) is 0.664. The molecule has 1 aromatic carbocycles. The number of fused-ring (bicyclic) bond motifs is 3. The molecule has 2 atom stereocenters. The standard InChI is InChI=1S/C27H41ClN4O5.2ClH/c1-2-35-24-15-23(29)22(28)14-21(24)27(34)30-16-20-17-31(12-13-36-20)9-5-3-4-6-26(33)37-25-18-32-10-7-19(25)8-11-32;;/h14-15,19-20,25H,2-13,16-18,29H2,1H3,(H,30,34);2*1H/t20-,25+;;/m0../s1. The molecule has 1 aromatic rings. The fraction of sp³-hybridized carbons (Fsp3) is 0.704. The van der Waals surface area contributed by atoms with E-state index >= 15 is 0 Å². The highest BCUT2D eigenvalue weighted by molar-refractivity contribution is 6.33. The van der Waals surface area contributed by atoms with Crippen LogP contribution >= 0.6 is 36.4 Å². The van der Waals surface area contributed by atoms with Crippen molar-refractivity contribution in [1.82, 2.24) is 15.1 Å². The molecule has 0 aromatic heterocycles. The third-order valence-electron chi connectivity index (χ3n) is 7.59. The maximum Gasteiger partial charge on any atom is 0.306 e. The number of ether oxygens (including phenoxy) is 3. The van der Waals surface area contributed by atoms with Crippen LogP contribution in [0, 0.1) is 5.92 Å². The molecule has 0 unspecified atom stereocenters. The number of carbonyl (C=O) groups excluding carboxylic acids is 2. The van der Waals surface area contributed by atoms with Gasteiger partial charge in [-0.1, -0.05) is 18.0 Å². The van der Waals surface area contributed by atoms with Gasteiger partial charge in [-0.3, -0.25) is 19.4 Å². The van der Waals surface area contributed by atoms with Crippen molar-refractivity contribution in [2.24, 2.45) is 5.92 Å². The van der Waals surface area contributed by atoms with Crippen LogP contribution in [-0.2, 0) is 14.3 Å². The van der Waals surface area contributed by atoms with Crippen molar-refractivity contribution in [3.8, 4) is 5.75 Å². The van der Waals surface area contributed by atoms with E-state index < -0.39 is 0 Å². The number of hydrogen-bond acceptors (Lipinski definition) is 8. The number of anilines is 1. The number of rotatable bonds is 12. The summed E-state index contributed by atoms with van der Waals surface area (Å²) in [6, 6.07) is 3.12. The maximum absolute atomic E-state index is 12.8. The summed E-state index contributed by atoms with van der Waals surface area (Å²) in [5, 5.41) is 3.26. The Hall–Kier alpha value is -1.49. The third kappa shape index (κ3) is 9.83. The number of carbonyl (C=O) groups is 2. The number of morpholine rings is 1. The molecule has 4 heterocycles. The Morgan fingerprint density at radius 2 is 1.90 bits per heavy atom. The molecule has 2 bridgehead atoms. The minimum absolute atomic E-state index is 0. The molecule has 39 heavy (non-hydrogen) atoms. The van der Waals surface area contributed by atoms with Crippen molar-refractivity contribution in [2.75, 3.05) is 64.8 Å². The van der Waals surface area contributed by atoms with Crippen LogP contribution in [0.15, 0.2) is 12.1 Å². The monoisotopic (exact) mass is 608 g/mol. The summed E-state index contributed by atoms with van der Waals surface area (Å²) in [4.78, 5) is 29.9. The van der Waals surface area contributed by atoms with Crippen molar-refractivity contribution >= 4 is 54.0 Å². The number of nitrogens with one attached hydrogen (secondary N) is 1. The quantitative estimate of drug-likeness (QED) is 0.210. The largest absolute Gasteiger partial charge is 0.493 e. The van der Waals surface area contributed by atoms with Gasteiger partial charge in [-0.05, 0) is 64.2 Å². The molecule has 9 nitrogen and oxygen atoms in total. The summed E-state index contributed by atoms with van der Waals surface area (Å²) < 4.78 is 17.2. The van der Waals surface area contributed by atoms with Gasteiger partial charge in [0.15, 0.2) is 0 Å². The Balaban J connectivity index is 0.00000267. The Morgan fingerprint density at radius 3 is 2.59 bits per heavy atom. The molecular formula is C27H43Cl3N4O5. The van der Waals surface area contributed by atoms with E-state index in [9.17, 15) is 9.59 Å². The molecule has 222 valence electrons. The van der Waals surface area contributed by atoms with E-state index in [1.54, 1.807) is 6.07 Å². The molecule has 5 rings (SSSR count). The number of piperidine rings is 3. The molecule has 0 saturated carbocycles. The Morgan fingerprint density at radius 1 is 1.13 bits per heavy atom. The lowest BCUT2D eigenvalue weighted by molar-refractivity contribution is -0.158. The van der Waals surface area contributed by atoms with Crippen molar-refractivity contribution in [2.45, 2.75) is 57.7 Å². The first-order valence-electron chi connectivity index (χ1n) is 13.7. The van der Waals surface area contributed by atoms with Crippen LogP contribution in [0.25, 0.3) is 0 Å². The number of nitrogens with two attached hydrogens (primary N) is 1. The minimum atomic E-state index is -0.267. The number of halogens is 3. The van der Waals surface area contributed by atoms with E-state index in [0.717, 1.165) is 71.4 Å². The molecule has 4 aliphatic heterocycles. The number of nitrogens with zero attached hydrogens (tertiary/aromatic N) is 2. The fourth-order valence-corrected chi connectivity index (χ4v) is 5.65. The van der Waals surface area contributed by atoms with Gasteiger partial charge in [0.2, 0.25) is 0 Å². The second-order valence-electron chi connectivity index (χ2n) is 10.3. The van der Waals surface area contributed by atoms with E-state index in [2.05, 4.69) is 15.1 Å². The molecule has 4 saturated heterocycles. The summed E-state index contributed by atoms with van der Waals surface area (Å²) >= 11 is 6.12. The van der Waals surface area contributed by atoms with E-state index in [-0.39, 0.29) is 48.9 Å². The van der Waals surface area contributed by atoms with E-state index in [1.165, 1.54) is 6.07 Å². The van der Waals surface area contributed by atoms with Crippen molar-refractivity contribution in [3.63, 3.8) is 0 Å². The Kier molecular flexibility index (Phi) is 14.4. The predicted octanol–water partition coefficient (Wildman–Crippen LogP) is 3.79. The average molecular weight is 610 g/mol. The second kappa shape index (κ2) is 16.7. The molecule has 3 N–H and O–H groups in total. The molecule has 12 heteroatoms. The van der Waals surface area contributed by atoms with Crippen LogP contribution in [-0.4, -0.2) is 92.9 Å². The first kappa shape index (κ1) is 33.7. The fourth-order valence-electron chi connectivity index (χ4n) is 5.48. The Bertz CT molecular complexity index is 933. The van der Waals surface area contributed by atoms with Crippen LogP contribution in [0.2, 0.25) is 5.02 Å². The smallest absolute Gasteiger partial charge is 0.306 e. The van der Waals surface area contributed by atoms with E-state index in [4.69, 9.17) is 31.5 Å². The number of benzene rings is 1. The summed E-state index contributed by atoms with van der Waals surface area (Å²) in [7, 11) is 0. The lowest BCUT2D eigenvalue weighted by atomic mass is 9.86. The van der Waals surface area contributed by atoms with Crippen molar-refractivity contribution < 1.29 is 23.8 Å². The third-order valence-corrected chi connectivity index (χ3v) is 7.92. The van der Waals surface area contributed by atoms with Gasteiger partial charge in [0.05, 0.1) is 35.6 Å². The zero-order valence-corrected chi connectivity index (χ0v) is 25.1. The summed E-state index contributed by atoms with van der Waals surface area (Å²) in [6.45, 7) is 9.08. The normalized spacial score (nSPS) is 24.3. The van der Waals surface area contributed by atoms with Gasteiger partial charge in [-0.15, -0.1) is 24.8 Å². The van der Waals surface area contributed by atoms with Crippen LogP contribution in [0.1, 0.15) is 55.8 Å². The second-order valence-corrected chi connectivity index (χ2v) is 10.7. The lowest BCUT2D eigenvalue weighted by Gasteiger charge is -2.43. The van der Waals surface area contributed by atoms with Crippen LogP contribution in [0.5, 0.6) is 5.75 Å². The van der Waals surface area contributed by atoms with Gasteiger partial charge in [0.25, 0.3) is 5.91 Å². The first-order chi connectivity index (χ1) is 17.9. The molecule has 1 amide bonds. The average Bonchev–Trinajstić information content (AvgIpc) is 2.90. The number of unbranched alkanes of at least 4 members (excludes halogenated alkanes) is 2. The summed E-state index contributed by atoms with van der Waals surface area (Å²) in [5.41, 5.74) is 6.59. The molecule has 0 radical (unpaired) electrons. The highest BCUT2D eigenvalue weighted by Gasteiger charge is 2.36. The van der Waals surface area contributed by atoms with Gasteiger partial charge < -0.3 is 25.3 Å². The van der Waals surface area contributed by atoms with Gasteiger partial charge in [-0.25, -0.2) is 0 Å². The van der Waals surface area contributed by atoms with E-state index in [1.807, 2.05) is 6.92 Å². The highest BCUT2D eigenvalue weighted by atomic mass is 35.5. The number of hydrogen-bond donors (Lipinski definition) is 2. The molecule has 0 aliphatic carbocycles. The Labute approximate surface area is 249 Å². The van der Waals surface area contributed by atoms with Gasteiger partial charge in [-0.2, -0.15) is 0 Å². The van der Waals surface area contributed by atoms with Crippen LogP contribution in [0.4, 0.5) is 5.69 Å². The van der Waals surface area contributed by atoms with Gasteiger partial charge in [0.1, 0.15) is 11.9 Å². The SMILES string of the molecule is CCOc1cc(N)c(Cl)cc1C(=O)NC[C@H]1CN(CCCCCC(=O)O[C@@H]2CN3CCC2CC3)CCO1.Cl.Cl.